The highest BCUT2D eigenvalue weighted by Crippen LogP contribution is 2.49. The fourth-order valence-corrected chi connectivity index (χ4v) is 12.3. The van der Waals surface area contributed by atoms with Crippen molar-refractivity contribution >= 4 is 86.6 Å². The number of hydrogen-bond acceptors (Lipinski definition) is 1. The Morgan fingerprint density at radius 1 is 0.192 bits per heavy atom. The Morgan fingerprint density at radius 3 is 1.18 bits per heavy atom. The van der Waals surface area contributed by atoms with Crippen molar-refractivity contribution in [2.75, 3.05) is 0 Å². The van der Waals surface area contributed by atoms with Crippen LogP contribution in [0.15, 0.2) is 271 Å². The summed E-state index contributed by atoms with van der Waals surface area (Å²) < 4.78 is 6.44. The maximum atomic E-state index is 6.44. The van der Waals surface area contributed by atoms with Crippen LogP contribution in [0.25, 0.3) is 153 Å². The summed E-state index contributed by atoms with van der Waals surface area (Å²) in [6, 6.07) is 98.2. The van der Waals surface area contributed by atoms with Crippen molar-refractivity contribution in [2.24, 2.45) is 0 Å². The SMILES string of the molecule is c1ccc(-c2c3ccccc3c(-c3cccc(-c4cccc5ccc(-c6ccc7cccc(-c8c9ccccc9c(-c9cccc%10oc%11ccccc%11c9%10)c9ccccc89)c7c6)cc45)c3)c3ccccc23)cc1. The number of rotatable bonds is 6. The molecule has 14 aromatic carbocycles. The zero-order valence-electron chi connectivity index (χ0n) is 39.8. The molecule has 0 N–H and O–H groups in total. The summed E-state index contributed by atoms with van der Waals surface area (Å²) in [5.41, 5.74) is 16.5. The Morgan fingerprint density at radius 2 is 0.589 bits per heavy atom. The summed E-state index contributed by atoms with van der Waals surface area (Å²) >= 11 is 0. The standard InChI is InChI=1S/C72H44O/c1-2-18-47(19-3-1)68-53-24-4-6-26-55(53)69(56-27-7-5-25-54(56)68)51-23-14-22-50(42-51)52-33-15-20-45-38-40-48(43-64(45)52)49-41-39-46-21-16-34-61(65(46)44-49)70-57-28-8-10-30-59(57)71(60-31-11-9-29-58(60)70)63-35-17-37-67-72(63)62-32-12-13-36-66(62)73-67/h1-44H. The van der Waals surface area contributed by atoms with Gasteiger partial charge in [0.1, 0.15) is 11.2 Å². The minimum Gasteiger partial charge on any atom is -0.456 e. The van der Waals surface area contributed by atoms with E-state index in [1.165, 1.54) is 131 Å². The Hall–Kier alpha value is -9.56. The first kappa shape index (κ1) is 41.2. The average molecular weight is 925 g/mol. The van der Waals surface area contributed by atoms with E-state index < -0.39 is 0 Å². The molecule has 0 saturated carbocycles. The van der Waals surface area contributed by atoms with Crippen molar-refractivity contribution < 1.29 is 4.42 Å². The van der Waals surface area contributed by atoms with Crippen LogP contribution < -0.4 is 0 Å². The molecule has 0 aliphatic carbocycles. The van der Waals surface area contributed by atoms with E-state index >= 15 is 0 Å². The van der Waals surface area contributed by atoms with Gasteiger partial charge in [0.2, 0.25) is 0 Å². The normalized spacial score (nSPS) is 11.8. The molecule has 1 aromatic heterocycles. The lowest BCUT2D eigenvalue weighted by atomic mass is 9.83. The molecule has 0 bridgehead atoms. The molecule has 338 valence electrons. The van der Waals surface area contributed by atoms with Crippen molar-refractivity contribution in [3.05, 3.63) is 267 Å². The van der Waals surface area contributed by atoms with E-state index in [1.807, 2.05) is 6.07 Å². The maximum Gasteiger partial charge on any atom is 0.136 e. The summed E-state index contributed by atoms with van der Waals surface area (Å²) in [7, 11) is 0. The lowest BCUT2D eigenvalue weighted by molar-refractivity contribution is 0.669. The van der Waals surface area contributed by atoms with Gasteiger partial charge in [0.05, 0.1) is 0 Å². The van der Waals surface area contributed by atoms with E-state index in [2.05, 4.69) is 261 Å². The average Bonchev–Trinajstić information content (AvgIpc) is 3.85. The van der Waals surface area contributed by atoms with Gasteiger partial charge in [-0.2, -0.15) is 0 Å². The number of fused-ring (bicyclic) bond motifs is 9. The fourth-order valence-electron chi connectivity index (χ4n) is 12.3. The highest BCUT2D eigenvalue weighted by atomic mass is 16.3. The van der Waals surface area contributed by atoms with E-state index in [1.54, 1.807) is 0 Å². The summed E-state index contributed by atoms with van der Waals surface area (Å²) in [5, 5.41) is 17.1. The van der Waals surface area contributed by atoms with Gasteiger partial charge < -0.3 is 4.42 Å². The molecule has 0 spiro atoms. The second-order valence-electron chi connectivity index (χ2n) is 19.4. The highest BCUT2D eigenvalue weighted by Gasteiger charge is 2.22. The van der Waals surface area contributed by atoms with E-state index in [-0.39, 0.29) is 0 Å². The van der Waals surface area contributed by atoms with Gasteiger partial charge in [-0.3, -0.25) is 0 Å². The van der Waals surface area contributed by atoms with Gasteiger partial charge in [0.25, 0.3) is 0 Å². The summed E-state index contributed by atoms with van der Waals surface area (Å²) in [6.45, 7) is 0. The van der Waals surface area contributed by atoms with Crippen molar-refractivity contribution in [1.29, 1.82) is 0 Å². The maximum absolute atomic E-state index is 6.44. The summed E-state index contributed by atoms with van der Waals surface area (Å²) in [5.74, 6) is 0. The first-order valence-corrected chi connectivity index (χ1v) is 25.2. The molecule has 0 amide bonds. The molecule has 0 fully saturated rings. The van der Waals surface area contributed by atoms with E-state index in [9.17, 15) is 0 Å². The molecular weight excluding hydrogens is 881 g/mol. The van der Waals surface area contributed by atoms with Crippen LogP contribution in [0.5, 0.6) is 0 Å². The predicted octanol–water partition coefficient (Wildman–Crippen LogP) is 20.5. The third-order valence-electron chi connectivity index (χ3n) is 15.4. The topological polar surface area (TPSA) is 13.1 Å². The first-order valence-electron chi connectivity index (χ1n) is 25.2. The van der Waals surface area contributed by atoms with Crippen molar-refractivity contribution in [3.63, 3.8) is 0 Å². The molecule has 0 aliphatic heterocycles. The first-order chi connectivity index (χ1) is 36.2. The Balaban J connectivity index is 0.886. The summed E-state index contributed by atoms with van der Waals surface area (Å²) in [4.78, 5) is 0. The molecule has 15 rings (SSSR count). The van der Waals surface area contributed by atoms with Crippen LogP contribution in [-0.4, -0.2) is 0 Å². The van der Waals surface area contributed by atoms with Crippen molar-refractivity contribution in [2.45, 2.75) is 0 Å². The zero-order valence-corrected chi connectivity index (χ0v) is 39.8. The Kier molecular flexibility index (Phi) is 9.33. The highest BCUT2D eigenvalue weighted by molar-refractivity contribution is 6.27. The van der Waals surface area contributed by atoms with E-state index in [0.29, 0.717) is 0 Å². The smallest absolute Gasteiger partial charge is 0.136 e. The van der Waals surface area contributed by atoms with Crippen LogP contribution in [0.4, 0.5) is 0 Å². The molecule has 1 nitrogen and oxygen atoms in total. The number of hydrogen-bond donors (Lipinski definition) is 0. The summed E-state index contributed by atoms with van der Waals surface area (Å²) in [6.07, 6.45) is 0. The molecule has 0 aliphatic rings. The second-order valence-corrected chi connectivity index (χ2v) is 19.4. The van der Waals surface area contributed by atoms with Crippen LogP contribution >= 0.6 is 0 Å². The molecule has 0 atom stereocenters. The minimum absolute atomic E-state index is 0.902. The number of furan rings is 1. The monoisotopic (exact) mass is 924 g/mol. The molecule has 1 heterocycles. The molecule has 1 heteroatoms. The molecule has 73 heavy (non-hydrogen) atoms. The van der Waals surface area contributed by atoms with Crippen LogP contribution in [0, 0.1) is 0 Å². The van der Waals surface area contributed by atoms with Crippen molar-refractivity contribution in [3.8, 4) is 66.8 Å². The lowest BCUT2D eigenvalue weighted by Gasteiger charge is -2.19. The molecule has 0 saturated heterocycles. The predicted molar refractivity (Wildman–Crippen MR) is 311 cm³/mol. The third-order valence-corrected chi connectivity index (χ3v) is 15.4. The van der Waals surface area contributed by atoms with Crippen molar-refractivity contribution in [1.82, 2.24) is 0 Å². The quantitative estimate of drug-likeness (QED) is 0.151. The molecule has 15 aromatic rings. The van der Waals surface area contributed by atoms with Crippen LogP contribution in [-0.2, 0) is 0 Å². The van der Waals surface area contributed by atoms with Crippen LogP contribution in [0.1, 0.15) is 0 Å². The third kappa shape index (κ3) is 6.49. The minimum atomic E-state index is 0.902. The van der Waals surface area contributed by atoms with Gasteiger partial charge in [0, 0.05) is 10.8 Å². The number of para-hydroxylation sites is 1. The lowest BCUT2D eigenvalue weighted by Crippen LogP contribution is -1.92. The Labute approximate surface area is 422 Å². The van der Waals surface area contributed by atoms with Crippen LogP contribution in [0.3, 0.4) is 0 Å². The Bertz CT molecular complexity index is 4610. The number of benzene rings is 14. The van der Waals surface area contributed by atoms with Gasteiger partial charge in [-0.15, -0.1) is 0 Å². The van der Waals surface area contributed by atoms with Gasteiger partial charge >= 0.3 is 0 Å². The van der Waals surface area contributed by atoms with Gasteiger partial charge in [0.15, 0.2) is 0 Å². The van der Waals surface area contributed by atoms with Crippen LogP contribution in [0.2, 0.25) is 0 Å². The molecule has 0 radical (unpaired) electrons. The second kappa shape index (κ2) is 16.5. The molecular formula is C72H44O. The zero-order chi connectivity index (χ0) is 48.0. The fraction of sp³-hybridized carbons (Fsp3) is 0. The van der Waals surface area contributed by atoms with Gasteiger partial charge in [-0.1, -0.05) is 237 Å². The van der Waals surface area contributed by atoms with E-state index in [4.69, 9.17) is 4.42 Å². The van der Waals surface area contributed by atoms with E-state index in [0.717, 1.165) is 21.9 Å². The van der Waals surface area contributed by atoms with Gasteiger partial charge in [-0.05, 0) is 162 Å². The molecule has 0 unspecified atom stereocenters. The van der Waals surface area contributed by atoms with Gasteiger partial charge in [-0.25, -0.2) is 0 Å². The largest absolute Gasteiger partial charge is 0.456 e.